The van der Waals surface area contributed by atoms with Gasteiger partial charge >= 0.3 is 5.97 Å². The van der Waals surface area contributed by atoms with E-state index < -0.39 is 8.24 Å². The Labute approximate surface area is 167 Å². The zero-order valence-electron chi connectivity index (χ0n) is 16.1. The summed E-state index contributed by atoms with van der Waals surface area (Å²) >= 11 is 0. The third-order valence-electron chi connectivity index (χ3n) is 5.77. The second-order valence-electron chi connectivity index (χ2n) is 7.29. The molecular weight excluding hydrogens is 362 g/mol. The topological polar surface area (TPSA) is 29.5 Å². The molecule has 0 amide bonds. The third kappa shape index (κ3) is 3.30. The van der Waals surface area contributed by atoms with Crippen molar-refractivity contribution in [3.63, 3.8) is 0 Å². The maximum Gasteiger partial charge on any atom is 0.305 e. The van der Waals surface area contributed by atoms with Gasteiger partial charge in [0.1, 0.15) is 6.61 Å². The number of rotatable bonds is 5. The summed E-state index contributed by atoms with van der Waals surface area (Å²) in [4.78, 5) is 11.7. The van der Waals surface area contributed by atoms with Crippen LogP contribution in [0.3, 0.4) is 0 Å². The van der Waals surface area contributed by atoms with Crippen LogP contribution in [-0.2, 0) is 9.53 Å². The fraction of sp³-hybridized carbons (Fsp3) is 0.208. The Hall–Kier alpha value is -2.69. The number of carbonyl (C=O) groups excluding carboxylic acids is 1. The summed E-state index contributed by atoms with van der Waals surface area (Å²) in [6.07, 6.45) is 1.31. The van der Waals surface area contributed by atoms with Crippen LogP contribution in [0.5, 0.6) is 0 Å². The van der Waals surface area contributed by atoms with Gasteiger partial charge in [0.15, 0.2) is 0 Å². The number of ether oxygens (including phenoxy) is 1. The van der Waals surface area contributed by atoms with Gasteiger partial charge in [0.05, 0.1) is 0 Å². The van der Waals surface area contributed by atoms with Gasteiger partial charge < -0.3 is 9.30 Å². The van der Waals surface area contributed by atoms with Crippen molar-refractivity contribution in [1.82, 2.24) is 4.57 Å². The highest BCUT2D eigenvalue weighted by Crippen LogP contribution is 2.20. The Balaban J connectivity index is 1.94. The highest BCUT2D eigenvalue weighted by molar-refractivity contribution is 7.09. The van der Waals surface area contributed by atoms with Crippen molar-refractivity contribution < 1.29 is 9.53 Å². The summed E-state index contributed by atoms with van der Waals surface area (Å²) in [5.41, 5.74) is 0. The van der Waals surface area contributed by atoms with E-state index in [9.17, 15) is 4.79 Å². The van der Waals surface area contributed by atoms with Crippen molar-refractivity contribution >= 4 is 29.8 Å². The molecular formula is C24H25NO2Si. The van der Waals surface area contributed by atoms with Crippen molar-refractivity contribution in [2.75, 3.05) is 13.7 Å². The Morgan fingerprint density at radius 1 is 0.786 bits per heavy atom. The minimum atomic E-state index is -2.49. The van der Waals surface area contributed by atoms with Gasteiger partial charge in [-0.15, -0.1) is 0 Å². The van der Waals surface area contributed by atoms with Crippen LogP contribution in [0, 0.1) is 0 Å². The summed E-state index contributed by atoms with van der Waals surface area (Å²) < 4.78 is 7.98. The normalized spacial score (nSPS) is 17.4. The number of nitrogens with zero attached hydrogens (tertiary/aromatic N) is 1. The molecule has 3 nitrogen and oxygen atoms in total. The lowest BCUT2D eigenvalue weighted by Crippen LogP contribution is -2.78. The molecule has 1 fully saturated rings. The van der Waals surface area contributed by atoms with Gasteiger partial charge in [-0.25, -0.2) is 0 Å². The molecule has 0 radical (unpaired) electrons. The van der Waals surface area contributed by atoms with Crippen molar-refractivity contribution in [2.45, 2.75) is 18.9 Å². The number of benzene rings is 3. The second kappa shape index (κ2) is 8.13. The largest absolute Gasteiger partial charge is 0.464 e. The van der Waals surface area contributed by atoms with E-state index in [4.69, 9.17) is 4.74 Å². The number of esters is 1. The zero-order chi connectivity index (χ0) is 19.4. The summed E-state index contributed by atoms with van der Waals surface area (Å²) in [7, 11) is -0.283. The minimum Gasteiger partial charge on any atom is -0.464 e. The van der Waals surface area contributed by atoms with Crippen molar-refractivity contribution in [3.05, 3.63) is 91.0 Å². The maximum absolute atomic E-state index is 11.7. The Morgan fingerprint density at radius 2 is 1.21 bits per heavy atom. The molecule has 0 aromatic heterocycles. The molecule has 3 aromatic rings. The van der Waals surface area contributed by atoms with Crippen LogP contribution in [0.1, 0.15) is 12.8 Å². The Morgan fingerprint density at radius 3 is 1.57 bits per heavy atom. The second-order valence-corrected chi connectivity index (χ2v) is 11.2. The summed E-state index contributed by atoms with van der Waals surface area (Å²) in [5.74, 6) is -0.0870. The van der Waals surface area contributed by atoms with E-state index in [1.165, 1.54) is 15.6 Å². The maximum atomic E-state index is 11.7. The quantitative estimate of drug-likeness (QED) is 0.382. The molecule has 1 heterocycles. The first-order chi connectivity index (χ1) is 13.7. The van der Waals surface area contributed by atoms with E-state index in [2.05, 4.69) is 103 Å². The van der Waals surface area contributed by atoms with Crippen LogP contribution in [-0.4, -0.2) is 38.5 Å². The Kier molecular flexibility index (Phi) is 5.42. The highest BCUT2D eigenvalue weighted by atomic mass is 28.3. The van der Waals surface area contributed by atoms with E-state index >= 15 is 0 Å². The lowest BCUT2D eigenvalue weighted by atomic mass is 10.1. The average molecular weight is 388 g/mol. The number of likely N-dealkylation sites (N-methyl/N-ethyl adjacent to an activating group) is 1. The predicted molar refractivity (Wildman–Crippen MR) is 116 cm³/mol. The van der Waals surface area contributed by atoms with Gasteiger partial charge in [-0.05, 0) is 29.0 Å². The van der Waals surface area contributed by atoms with Crippen LogP contribution < -0.4 is 15.6 Å². The first-order valence-corrected chi connectivity index (χ1v) is 11.7. The molecule has 1 aliphatic heterocycles. The van der Waals surface area contributed by atoms with E-state index in [1.807, 2.05) is 0 Å². The van der Waals surface area contributed by atoms with E-state index in [0.717, 1.165) is 6.42 Å². The molecule has 1 unspecified atom stereocenters. The fourth-order valence-electron chi connectivity index (χ4n) is 4.36. The average Bonchev–Trinajstić information content (AvgIpc) is 2.77. The van der Waals surface area contributed by atoms with Gasteiger partial charge in [0.25, 0.3) is 0 Å². The lowest BCUT2D eigenvalue weighted by molar-refractivity contribution is -0.149. The number of hydrogen-bond donors (Lipinski definition) is 0. The molecule has 0 saturated carbocycles. The first kappa shape index (κ1) is 18.7. The fourth-order valence-corrected chi connectivity index (χ4v) is 9.36. The number of cyclic esters (lactones) is 1. The van der Waals surface area contributed by atoms with Crippen LogP contribution in [0.2, 0.25) is 0 Å². The lowest BCUT2D eigenvalue weighted by Gasteiger charge is -2.46. The molecule has 4 heteroatoms. The number of carbonyl (C=O) groups is 1. The summed E-state index contributed by atoms with van der Waals surface area (Å²) in [6.45, 7) is 0.455. The predicted octanol–water partition coefficient (Wildman–Crippen LogP) is 2.29. The standard InChI is InChI=1S/C24H25NO2Si/c1-25(20-17-18-24(26)27-19-20)28(21-11-5-2-6-12-21,22-13-7-3-8-14-22)23-15-9-4-10-16-23/h2-16,20H,17-19H2,1H3. The summed E-state index contributed by atoms with van der Waals surface area (Å²) in [6, 6.07) is 32.6. The van der Waals surface area contributed by atoms with Gasteiger partial charge in [0, 0.05) is 12.5 Å². The molecule has 4 rings (SSSR count). The van der Waals surface area contributed by atoms with Crippen LogP contribution in [0.25, 0.3) is 0 Å². The summed E-state index contributed by atoms with van der Waals surface area (Å²) in [5, 5.41) is 4.02. The van der Waals surface area contributed by atoms with Crippen molar-refractivity contribution in [1.29, 1.82) is 0 Å². The van der Waals surface area contributed by atoms with Gasteiger partial charge in [-0.1, -0.05) is 91.0 Å². The molecule has 0 spiro atoms. The van der Waals surface area contributed by atoms with Crippen LogP contribution >= 0.6 is 0 Å². The van der Waals surface area contributed by atoms with E-state index in [1.54, 1.807) is 0 Å². The van der Waals surface area contributed by atoms with Gasteiger partial charge in [0.2, 0.25) is 8.24 Å². The molecule has 3 aromatic carbocycles. The number of hydrogen-bond acceptors (Lipinski definition) is 3. The first-order valence-electron chi connectivity index (χ1n) is 9.78. The molecule has 0 bridgehead atoms. The smallest absolute Gasteiger partial charge is 0.305 e. The molecule has 142 valence electrons. The monoisotopic (exact) mass is 387 g/mol. The molecule has 1 atom stereocenters. The zero-order valence-corrected chi connectivity index (χ0v) is 17.1. The SMILES string of the molecule is CN(C1CCC(=O)OC1)[Si](c1ccccc1)(c1ccccc1)c1ccccc1. The van der Waals surface area contributed by atoms with Crippen LogP contribution in [0.4, 0.5) is 0 Å². The Bertz CT molecular complexity index is 808. The molecule has 1 aliphatic rings. The van der Waals surface area contributed by atoms with E-state index in [0.29, 0.717) is 13.0 Å². The highest BCUT2D eigenvalue weighted by Gasteiger charge is 2.47. The molecule has 0 N–H and O–H groups in total. The van der Waals surface area contributed by atoms with Crippen LogP contribution in [0.15, 0.2) is 91.0 Å². The van der Waals surface area contributed by atoms with Crippen molar-refractivity contribution in [2.24, 2.45) is 0 Å². The van der Waals surface area contributed by atoms with Gasteiger partial charge in [-0.3, -0.25) is 4.79 Å². The molecule has 28 heavy (non-hydrogen) atoms. The van der Waals surface area contributed by atoms with Crippen molar-refractivity contribution in [3.8, 4) is 0 Å². The van der Waals surface area contributed by atoms with Gasteiger partial charge in [-0.2, -0.15) is 0 Å². The molecule has 1 saturated heterocycles. The third-order valence-corrected chi connectivity index (χ3v) is 10.7. The molecule has 0 aliphatic carbocycles. The van der Waals surface area contributed by atoms with E-state index in [-0.39, 0.29) is 12.0 Å². The minimum absolute atomic E-state index is 0.0870.